The van der Waals surface area contributed by atoms with Crippen LogP contribution >= 0.6 is 0 Å². The molecular formula is C9H15BO3. The van der Waals surface area contributed by atoms with Crippen LogP contribution in [-0.2, 0) is 6.42 Å². The van der Waals surface area contributed by atoms with E-state index in [9.17, 15) is 0 Å². The van der Waals surface area contributed by atoms with Crippen LogP contribution in [-0.4, -0.2) is 22.4 Å². The predicted molar refractivity (Wildman–Crippen MR) is 52.8 cm³/mol. The maximum Gasteiger partial charge on any atom is 0.631 e. The first-order valence-electron chi connectivity index (χ1n) is 4.25. The summed E-state index contributed by atoms with van der Waals surface area (Å²) in [6, 6.07) is 10.6. The lowest BCUT2D eigenvalue weighted by molar-refractivity contribution is 0.278. The molecule has 0 heterocycles. The second kappa shape index (κ2) is 7.80. The van der Waals surface area contributed by atoms with Crippen molar-refractivity contribution in [2.45, 2.75) is 19.8 Å². The lowest BCUT2D eigenvalue weighted by Crippen LogP contribution is -2.07. The Balaban J connectivity index is 0.000000310. The summed E-state index contributed by atoms with van der Waals surface area (Å²) in [6.45, 7) is 2.20. The summed E-state index contributed by atoms with van der Waals surface area (Å²) in [5.74, 6) is 0. The summed E-state index contributed by atoms with van der Waals surface area (Å²) in [4.78, 5) is 0. The van der Waals surface area contributed by atoms with Crippen LogP contribution in [0.5, 0.6) is 0 Å². The van der Waals surface area contributed by atoms with Crippen LogP contribution in [0.25, 0.3) is 0 Å². The molecule has 0 spiro atoms. The molecule has 0 fully saturated rings. The van der Waals surface area contributed by atoms with Gasteiger partial charge in [-0.05, 0) is 12.0 Å². The molecule has 3 N–H and O–H groups in total. The Kier molecular flexibility index (Phi) is 7.29. The third-order valence-electron chi connectivity index (χ3n) is 1.38. The average Bonchev–Trinajstić information content (AvgIpc) is 2.06. The molecule has 1 aromatic carbocycles. The molecule has 0 radical (unpaired) electrons. The van der Waals surface area contributed by atoms with Crippen molar-refractivity contribution in [1.82, 2.24) is 0 Å². The number of benzene rings is 1. The van der Waals surface area contributed by atoms with Crippen molar-refractivity contribution in [3.05, 3.63) is 35.9 Å². The molecule has 0 amide bonds. The van der Waals surface area contributed by atoms with Crippen LogP contribution in [0.1, 0.15) is 18.9 Å². The van der Waals surface area contributed by atoms with Crippen LogP contribution in [0, 0.1) is 0 Å². The van der Waals surface area contributed by atoms with Gasteiger partial charge in [0.1, 0.15) is 0 Å². The first-order valence-corrected chi connectivity index (χ1v) is 4.25. The molecule has 0 saturated carbocycles. The second-order valence-electron chi connectivity index (χ2n) is 2.58. The topological polar surface area (TPSA) is 60.7 Å². The van der Waals surface area contributed by atoms with Gasteiger partial charge in [0.15, 0.2) is 0 Å². The highest BCUT2D eigenvalue weighted by Gasteiger charge is 1.92. The summed E-state index contributed by atoms with van der Waals surface area (Å²) in [6.07, 6.45) is 2.45. The normalized spacial score (nSPS) is 8.62. The van der Waals surface area contributed by atoms with Crippen molar-refractivity contribution < 1.29 is 15.1 Å². The van der Waals surface area contributed by atoms with E-state index in [2.05, 4.69) is 37.3 Å². The number of hydrogen-bond acceptors (Lipinski definition) is 3. The Morgan fingerprint density at radius 1 is 1.08 bits per heavy atom. The fraction of sp³-hybridized carbons (Fsp3) is 0.333. The molecule has 0 bridgehead atoms. The van der Waals surface area contributed by atoms with Crippen LogP contribution in [0.4, 0.5) is 0 Å². The molecule has 0 aromatic heterocycles. The molecule has 0 aliphatic heterocycles. The zero-order valence-electron chi connectivity index (χ0n) is 7.72. The first-order chi connectivity index (χ1) is 6.16. The molecule has 3 nitrogen and oxygen atoms in total. The SMILES string of the molecule is CCCc1ccccc1.OB(O)O. The molecule has 72 valence electrons. The van der Waals surface area contributed by atoms with E-state index in [0.717, 1.165) is 0 Å². The predicted octanol–water partition coefficient (Wildman–Crippen LogP) is 0.587. The fourth-order valence-corrected chi connectivity index (χ4v) is 0.933. The Labute approximate surface area is 78.8 Å². The van der Waals surface area contributed by atoms with Crippen LogP contribution in [0.2, 0.25) is 0 Å². The van der Waals surface area contributed by atoms with Gasteiger partial charge in [0.2, 0.25) is 0 Å². The van der Waals surface area contributed by atoms with Crippen molar-refractivity contribution in [1.29, 1.82) is 0 Å². The maximum absolute atomic E-state index is 7.17. The number of rotatable bonds is 2. The highest BCUT2D eigenvalue weighted by atomic mass is 16.5. The highest BCUT2D eigenvalue weighted by Crippen LogP contribution is 2.00. The van der Waals surface area contributed by atoms with E-state index < -0.39 is 7.32 Å². The van der Waals surface area contributed by atoms with E-state index in [-0.39, 0.29) is 0 Å². The zero-order valence-corrected chi connectivity index (χ0v) is 7.72. The van der Waals surface area contributed by atoms with Crippen molar-refractivity contribution in [2.75, 3.05) is 0 Å². The fourth-order valence-electron chi connectivity index (χ4n) is 0.933. The van der Waals surface area contributed by atoms with Gasteiger partial charge < -0.3 is 15.1 Å². The average molecular weight is 182 g/mol. The van der Waals surface area contributed by atoms with Crippen LogP contribution in [0.15, 0.2) is 30.3 Å². The van der Waals surface area contributed by atoms with Gasteiger partial charge in [-0.2, -0.15) is 0 Å². The largest absolute Gasteiger partial charge is 0.631 e. The van der Waals surface area contributed by atoms with Crippen molar-refractivity contribution in [2.24, 2.45) is 0 Å². The summed E-state index contributed by atoms with van der Waals surface area (Å²) in [5, 5.41) is 21.5. The highest BCUT2D eigenvalue weighted by molar-refractivity contribution is 6.30. The van der Waals surface area contributed by atoms with E-state index in [1.165, 1.54) is 18.4 Å². The molecule has 1 rings (SSSR count). The van der Waals surface area contributed by atoms with Crippen molar-refractivity contribution in [3.8, 4) is 0 Å². The zero-order chi connectivity index (χ0) is 10.1. The molecule has 0 atom stereocenters. The number of hydrogen-bond donors (Lipinski definition) is 3. The van der Waals surface area contributed by atoms with Gasteiger partial charge in [0.05, 0.1) is 0 Å². The van der Waals surface area contributed by atoms with Gasteiger partial charge in [0, 0.05) is 0 Å². The second-order valence-corrected chi connectivity index (χ2v) is 2.58. The van der Waals surface area contributed by atoms with Crippen LogP contribution in [0.3, 0.4) is 0 Å². The molecule has 0 aliphatic carbocycles. The van der Waals surface area contributed by atoms with E-state index in [1.54, 1.807) is 0 Å². The smallest absolute Gasteiger partial charge is 0.402 e. The molecule has 13 heavy (non-hydrogen) atoms. The summed E-state index contributed by atoms with van der Waals surface area (Å²) in [5.41, 5.74) is 1.44. The van der Waals surface area contributed by atoms with Crippen molar-refractivity contribution >= 4 is 7.32 Å². The molecule has 4 heteroatoms. The van der Waals surface area contributed by atoms with Gasteiger partial charge in [0.25, 0.3) is 0 Å². The summed E-state index contributed by atoms with van der Waals surface area (Å²) in [7, 11) is -2.17. The van der Waals surface area contributed by atoms with Gasteiger partial charge in [-0.15, -0.1) is 0 Å². The minimum absolute atomic E-state index is 1.21. The molecule has 0 unspecified atom stereocenters. The summed E-state index contributed by atoms with van der Waals surface area (Å²) < 4.78 is 0. The Morgan fingerprint density at radius 3 is 1.92 bits per heavy atom. The standard InChI is InChI=1S/C9H12.BH3O3/c1-2-6-9-7-4-3-5-8-9;2-1(3)4/h3-5,7-8H,2,6H2,1H3;2-4H. The van der Waals surface area contributed by atoms with E-state index in [4.69, 9.17) is 15.1 Å². The minimum Gasteiger partial charge on any atom is -0.402 e. The molecular weight excluding hydrogens is 167 g/mol. The quantitative estimate of drug-likeness (QED) is 0.586. The Morgan fingerprint density at radius 2 is 1.54 bits per heavy atom. The number of aryl methyl sites for hydroxylation is 1. The third kappa shape index (κ3) is 9.08. The van der Waals surface area contributed by atoms with Gasteiger partial charge in [-0.3, -0.25) is 0 Å². The van der Waals surface area contributed by atoms with E-state index in [0.29, 0.717) is 0 Å². The van der Waals surface area contributed by atoms with Crippen LogP contribution < -0.4 is 0 Å². The maximum atomic E-state index is 7.17. The van der Waals surface area contributed by atoms with E-state index in [1.807, 2.05) is 0 Å². The third-order valence-corrected chi connectivity index (χ3v) is 1.38. The first kappa shape index (κ1) is 12.2. The molecule has 0 saturated heterocycles. The molecule has 0 aliphatic rings. The van der Waals surface area contributed by atoms with Crippen molar-refractivity contribution in [3.63, 3.8) is 0 Å². The lowest BCUT2D eigenvalue weighted by Gasteiger charge is -1.93. The van der Waals surface area contributed by atoms with Gasteiger partial charge >= 0.3 is 7.32 Å². The van der Waals surface area contributed by atoms with E-state index >= 15 is 0 Å². The monoisotopic (exact) mass is 182 g/mol. The Hall–Kier alpha value is -0.835. The minimum atomic E-state index is -2.17. The van der Waals surface area contributed by atoms with Gasteiger partial charge in [-0.1, -0.05) is 43.7 Å². The lowest BCUT2D eigenvalue weighted by atomic mass is 10.1. The molecule has 1 aromatic rings. The Bertz CT molecular complexity index is 199. The summed E-state index contributed by atoms with van der Waals surface area (Å²) >= 11 is 0. The van der Waals surface area contributed by atoms with Gasteiger partial charge in [-0.25, -0.2) is 0 Å².